The third kappa shape index (κ3) is 10.5. The summed E-state index contributed by atoms with van der Waals surface area (Å²) in [5.41, 5.74) is -1.13. The molecule has 3 saturated heterocycles. The van der Waals surface area contributed by atoms with E-state index in [1.807, 2.05) is 71.0 Å². The van der Waals surface area contributed by atoms with Crippen LogP contribution in [0.5, 0.6) is 0 Å². The van der Waals surface area contributed by atoms with Gasteiger partial charge in [0.15, 0.2) is 18.0 Å². The summed E-state index contributed by atoms with van der Waals surface area (Å²) < 4.78 is 38.7. The van der Waals surface area contributed by atoms with Gasteiger partial charge >= 0.3 is 18.0 Å². The third-order valence-electron chi connectivity index (χ3n) is 12.8. The van der Waals surface area contributed by atoms with Crippen LogP contribution in [0.2, 0.25) is 0 Å². The molecule has 0 saturated carbocycles. The lowest BCUT2D eigenvalue weighted by Crippen LogP contribution is -2.61. The molecule has 3 aliphatic rings. The lowest BCUT2D eigenvalue weighted by atomic mass is 9.73. The quantitative estimate of drug-likeness (QED) is 0.152. The number of ketones is 1. The number of fused-ring (bicyclic) bond motifs is 1. The molecule has 2 aromatic rings. The van der Waals surface area contributed by atoms with E-state index in [1.54, 1.807) is 52.0 Å². The summed E-state index contributed by atoms with van der Waals surface area (Å²) in [6.45, 7) is 14.5. The number of alkyl carbamates (subject to hydrolysis) is 1. The average Bonchev–Trinajstić information content (AvgIpc) is 3.53. The molecular formula is C46H66N2O11. The Morgan fingerprint density at radius 3 is 2.22 bits per heavy atom. The number of Topliss-reactive ketones (excluding diaryl/α,β-unsaturated/α-hetero) is 1. The van der Waals surface area contributed by atoms with Crippen LogP contribution in [-0.4, -0.2) is 115 Å². The Kier molecular flexibility index (Phi) is 15.4. The Morgan fingerprint density at radius 1 is 0.949 bits per heavy atom. The number of nitrogens with one attached hydrogen (secondary N) is 1. The number of hydrogen-bond acceptors (Lipinski definition) is 12. The Morgan fingerprint density at radius 2 is 1.59 bits per heavy atom. The fourth-order valence-corrected chi connectivity index (χ4v) is 9.38. The van der Waals surface area contributed by atoms with E-state index in [1.165, 1.54) is 0 Å². The molecule has 1 amide bonds. The predicted octanol–water partition coefficient (Wildman–Crippen LogP) is 6.14. The van der Waals surface area contributed by atoms with Gasteiger partial charge in [-0.2, -0.15) is 0 Å². The lowest BCUT2D eigenvalue weighted by Gasteiger charge is -2.49. The number of rotatable bonds is 11. The first-order valence-corrected chi connectivity index (χ1v) is 21.2. The van der Waals surface area contributed by atoms with Crippen LogP contribution in [0.15, 0.2) is 60.7 Å². The number of nitrogens with zero attached hydrogens (tertiary/aromatic N) is 1. The molecule has 2 N–H and O–H groups in total. The maximum atomic E-state index is 14.6. The molecule has 0 bridgehead atoms. The number of benzene rings is 2. The summed E-state index contributed by atoms with van der Waals surface area (Å²) in [4.78, 5) is 57.1. The highest BCUT2D eigenvalue weighted by Gasteiger charge is 2.57. The number of carbonyl (C=O) groups excluding carboxylic acids is 4. The van der Waals surface area contributed by atoms with Crippen LogP contribution in [0.1, 0.15) is 97.0 Å². The van der Waals surface area contributed by atoms with E-state index in [4.69, 9.17) is 28.4 Å². The molecule has 13 heteroatoms. The highest BCUT2D eigenvalue weighted by molar-refractivity contribution is 5.89. The van der Waals surface area contributed by atoms with E-state index < -0.39 is 89.7 Å². The van der Waals surface area contributed by atoms with Crippen LogP contribution in [0.4, 0.5) is 4.79 Å². The molecule has 3 heterocycles. The first kappa shape index (κ1) is 46.2. The van der Waals surface area contributed by atoms with Crippen molar-refractivity contribution in [2.24, 2.45) is 23.7 Å². The molecule has 0 spiro atoms. The van der Waals surface area contributed by atoms with Crippen molar-refractivity contribution in [3.05, 3.63) is 71.8 Å². The number of hydrogen-bond donors (Lipinski definition) is 2. The van der Waals surface area contributed by atoms with Crippen LogP contribution in [-0.2, 0) is 44.4 Å². The van der Waals surface area contributed by atoms with Gasteiger partial charge in [0.25, 0.3) is 0 Å². The van der Waals surface area contributed by atoms with Crippen LogP contribution in [0.25, 0.3) is 0 Å². The summed E-state index contributed by atoms with van der Waals surface area (Å²) in [5.74, 6) is -4.67. The van der Waals surface area contributed by atoms with Gasteiger partial charge in [0.2, 0.25) is 0 Å². The second-order valence-corrected chi connectivity index (χ2v) is 17.6. The fraction of sp³-hybridized carbons (Fsp3) is 0.652. The van der Waals surface area contributed by atoms with Crippen LogP contribution < -0.4 is 5.32 Å². The first-order chi connectivity index (χ1) is 27.9. The number of likely N-dealkylation sites (N-methyl/N-ethyl adjacent to an activating group) is 1. The van der Waals surface area contributed by atoms with Crippen LogP contribution >= 0.6 is 0 Å². The van der Waals surface area contributed by atoms with Crippen molar-refractivity contribution in [1.82, 2.24) is 10.2 Å². The van der Waals surface area contributed by atoms with Crippen molar-refractivity contribution in [3.8, 4) is 0 Å². The van der Waals surface area contributed by atoms with Crippen LogP contribution in [0, 0.1) is 23.7 Å². The highest BCUT2D eigenvalue weighted by Crippen LogP contribution is 2.41. The van der Waals surface area contributed by atoms with E-state index in [0.29, 0.717) is 18.4 Å². The SMILES string of the molecule is CC[C@H]1OC(=O)[C@H](C)[C@@H](O)[C@H](C)[C@@H](O[C@@H]2O[C@H](C)C[C@H](N(C)C)[C@H]2OC(=O)c2ccccc2)[C@@](C)(OCCCc2ccccc2)C[C@@H](C)C(=O)[C@H](C)[C@H]2NC(=O)O[C@@]21C. The Hall–Kier alpha value is -3.88. The minimum absolute atomic E-state index is 0.144. The monoisotopic (exact) mass is 822 g/mol. The second kappa shape index (κ2) is 19.7. The molecule has 3 fully saturated rings. The number of esters is 2. The van der Waals surface area contributed by atoms with Gasteiger partial charge in [-0.15, -0.1) is 0 Å². The number of amides is 1. The zero-order chi connectivity index (χ0) is 43.2. The molecule has 3 aliphatic heterocycles. The normalized spacial score (nSPS) is 37.1. The van der Waals surface area contributed by atoms with Crippen molar-refractivity contribution in [3.63, 3.8) is 0 Å². The van der Waals surface area contributed by atoms with E-state index >= 15 is 0 Å². The summed E-state index contributed by atoms with van der Waals surface area (Å²) in [6.07, 6.45) is -3.98. The fourth-order valence-electron chi connectivity index (χ4n) is 9.38. The van der Waals surface area contributed by atoms with Crippen LogP contribution in [0.3, 0.4) is 0 Å². The van der Waals surface area contributed by atoms with Crippen molar-refractivity contribution in [2.75, 3.05) is 20.7 Å². The van der Waals surface area contributed by atoms with Gasteiger partial charge in [0, 0.05) is 24.4 Å². The minimum Gasteiger partial charge on any atom is -0.458 e. The number of aryl methyl sites for hydroxylation is 1. The number of carbonyl (C=O) groups is 4. The summed E-state index contributed by atoms with van der Waals surface area (Å²) in [5, 5.41) is 15.0. The molecule has 13 nitrogen and oxygen atoms in total. The maximum Gasteiger partial charge on any atom is 0.408 e. The number of ether oxygens (including phenoxy) is 6. The molecule has 59 heavy (non-hydrogen) atoms. The molecule has 0 unspecified atom stereocenters. The predicted molar refractivity (Wildman–Crippen MR) is 220 cm³/mol. The molecule has 0 radical (unpaired) electrons. The standard InChI is InChI=1S/C46H66N2O11/c1-11-35-46(8)39(47-44(53)59-46)29(4)36(49)27(2)26-45(7,54-24-18-21-32-19-14-12-15-20-32)40(30(5)37(50)31(6)41(51)56-35)58-43-38(34(48(9)10)25-28(3)55-43)57-42(52)33-22-16-13-17-23-33/h12-17,19-20,22-23,27-31,34-35,37-40,43,50H,11,18,21,24-26H2,1-10H3,(H,47,53)/t27-,28-,29+,30+,31-,34+,35-,37+,38-,39-,40-,43+,45+,46-/m1/s1. The topological polar surface area (TPSA) is 159 Å². The number of aliphatic hydroxyl groups is 1. The van der Waals surface area contributed by atoms with Gasteiger partial charge in [-0.3, -0.25) is 9.59 Å². The Bertz CT molecular complexity index is 1730. The first-order valence-electron chi connectivity index (χ1n) is 21.2. The molecule has 0 aromatic heterocycles. The van der Waals surface area contributed by atoms with E-state index in [-0.39, 0.29) is 37.4 Å². The largest absolute Gasteiger partial charge is 0.458 e. The van der Waals surface area contributed by atoms with E-state index in [2.05, 4.69) is 17.4 Å². The van der Waals surface area contributed by atoms with Gasteiger partial charge in [0.1, 0.15) is 11.9 Å². The van der Waals surface area contributed by atoms with Crippen molar-refractivity contribution in [1.29, 1.82) is 0 Å². The molecule has 14 atom stereocenters. The van der Waals surface area contributed by atoms with Gasteiger partial charge in [-0.05, 0) is 91.6 Å². The third-order valence-corrected chi connectivity index (χ3v) is 12.8. The van der Waals surface area contributed by atoms with Gasteiger partial charge in [0.05, 0.1) is 47.5 Å². The summed E-state index contributed by atoms with van der Waals surface area (Å²) in [7, 11) is 3.82. The highest BCUT2D eigenvalue weighted by atomic mass is 16.7. The molecule has 5 rings (SSSR count). The molecule has 326 valence electrons. The molecule has 2 aromatic carbocycles. The number of cyclic esters (lactones) is 1. The lowest BCUT2D eigenvalue weighted by molar-refractivity contribution is -0.303. The summed E-state index contributed by atoms with van der Waals surface area (Å²) >= 11 is 0. The zero-order valence-electron chi connectivity index (χ0n) is 36.4. The smallest absolute Gasteiger partial charge is 0.408 e. The molecular weight excluding hydrogens is 757 g/mol. The Balaban J connectivity index is 1.58. The number of aliphatic hydroxyl groups excluding tert-OH is 1. The summed E-state index contributed by atoms with van der Waals surface area (Å²) in [6, 6.07) is 17.6. The van der Waals surface area contributed by atoms with Gasteiger partial charge in [-0.1, -0.05) is 76.2 Å². The van der Waals surface area contributed by atoms with Crippen molar-refractivity contribution in [2.45, 2.75) is 148 Å². The van der Waals surface area contributed by atoms with Gasteiger partial charge < -0.3 is 43.7 Å². The zero-order valence-corrected chi connectivity index (χ0v) is 36.4. The van der Waals surface area contributed by atoms with Crippen molar-refractivity contribution >= 4 is 23.8 Å². The van der Waals surface area contributed by atoms with Gasteiger partial charge in [-0.25, -0.2) is 9.59 Å². The Labute approximate surface area is 349 Å². The molecule has 0 aliphatic carbocycles. The maximum absolute atomic E-state index is 14.6. The second-order valence-electron chi connectivity index (χ2n) is 17.6. The van der Waals surface area contributed by atoms with E-state index in [9.17, 15) is 24.3 Å². The average molecular weight is 823 g/mol. The minimum atomic E-state index is -1.36. The van der Waals surface area contributed by atoms with E-state index in [0.717, 1.165) is 12.0 Å². The van der Waals surface area contributed by atoms with Crippen molar-refractivity contribution < 1.29 is 52.7 Å².